The van der Waals surface area contributed by atoms with Crippen molar-refractivity contribution < 1.29 is 9.47 Å². The molecule has 3 rings (SSSR count). The molecule has 2 aliphatic rings. The van der Waals surface area contributed by atoms with Gasteiger partial charge in [-0.05, 0) is 49.6 Å². The van der Waals surface area contributed by atoms with Gasteiger partial charge in [0, 0.05) is 38.2 Å². The normalized spacial score (nSPS) is 34.4. The van der Waals surface area contributed by atoms with Gasteiger partial charge in [-0.3, -0.25) is 4.90 Å². The molecule has 1 saturated heterocycles. The minimum Gasteiger partial charge on any atom is -0.381 e. The number of aryl methyl sites for hydroxylation is 1. The van der Waals surface area contributed by atoms with Gasteiger partial charge < -0.3 is 9.47 Å². The Bertz CT molecular complexity index is 461. The summed E-state index contributed by atoms with van der Waals surface area (Å²) in [5.74, 6) is 0. The summed E-state index contributed by atoms with van der Waals surface area (Å²) in [5.41, 5.74) is 1.49. The molecule has 3 nitrogen and oxygen atoms in total. The minimum absolute atomic E-state index is 0.0696. The number of rotatable bonds is 4. The third-order valence-electron chi connectivity index (χ3n) is 5.30. The summed E-state index contributed by atoms with van der Waals surface area (Å²) in [7, 11) is 3.73. The van der Waals surface area contributed by atoms with Crippen molar-refractivity contribution in [2.24, 2.45) is 0 Å². The van der Waals surface area contributed by atoms with Gasteiger partial charge in [-0.25, -0.2) is 0 Å². The molecule has 1 aromatic heterocycles. The number of ether oxygens (including phenoxy) is 2. The SMILES string of the molecule is CO[C@@H]1CC[C@@]2(OC)CCN(Cc3sccc3C)[C@H]2C1. The van der Waals surface area contributed by atoms with Gasteiger partial charge in [0.15, 0.2) is 0 Å². The lowest BCUT2D eigenvalue weighted by Gasteiger charge is -2.43. The standard InChI is InChI=1S/C16H25NO2S/c1-12-5-9-20-14(12)11-17-8-7-16(19-3)6-4-13(18-2)10-15(16)17/h5,9,13,15H,4,6-8,10-11H2,1-3H3/t13-,15+,16-/m1/s1. The number of nitrogens with zero attached hydrogens (tertiary/aromatic N) is 1. The van der Waals surface area contributed by atoms with Gasteiger partial charge >= 0.3 is 0 Å². The van der Waals surface area contributed by atoms with E-state index in [1.165, 1.54) is 10.4 Å². The molecule has 4 heteroatoms. The van der Waals surface area contributed by atoms with Crippen molar-refractivity contribution in [3.8, 4) is 0 Å². The maximum atomic E-state index is 5.98. The lowest BCUT2D eigenvalue weighted by Crippen LogP contribution is -2.51. The van der Waals surface area contributed by atoms with E-state index in [9.17, 15) is 0 Å². The quantitative estimate of drug-likeness (QED) is 0.851. The number of hydrogen-bond donors (Lipinski definition) is 0. The number of hydrogen-bond acceptors (Lipinski definition) is 4. The van der Waals surface area contributed by atoms with Crippen LogP contribution in [0.4, 0.5) is 0 Å². The highest BCUT2D eigenvalue weighted by Gasteiger charge is 2.51. The third-order valence-corrected chi connectivity index (χ3v) is 6.31. The first-order chi connectivity index (χ1) is 9.68. The fourth-order valence-electron chi connectivity index (χ4n) is 3.91. The largest absolute Gasteiger partial charge is 0.381 e. The van der Waals surface area contributed by atoms with Crippen LogP contribution in [-0.4, -0.2) is 43.4 Å². The zero-order chi connectivity index (χ0) is 14.2. The summed E-state index contributed by atoms with van der Waals surface area (Å²) in [6.07, 6.45) is 4.93. The Morgan fingerprint density at radius 1 is 1.40 bits per heavy atom. The molecule has 0 bridgehead atoms. The minimum atomic E-state index is 0.0696. The van der Waals surface area contributed by atoms with Gasteiger partial charge in [0.05, 0.1) is 11.7 Å². The van der Waals surface area contributed by atoms with Crippen LogP contribution >= 0.6 is 11.3 Å². The van der Waals surface area contributed by atoms with E-state index >= 15 is 0 Å². The Labute approximate surface area is 125 Å². The van der Waals surface area contributed by atoms with Gasteiger partial charge in [0.2, 0.25) is 0 Å². The molecule has 1 saturated carbocycles. The van der Waals surface area contributed by atoms with E-state index in [4.69, 9.17) is 9.47 Å². The summed E-state index contributed by atoms with van der Waals surface area (Å²) in [6.45, 7) is 4.42. The van der Waals surface area contributed by atoms with Crippen LogP contribution in [0.3, 0.4) is 0 Å². The smallest absolute Gasteiger partial charge is 0.0847 e. The van der Waals surface area contributed by atoms with Crippen LogP contribution in [0.15, 0.2) is 11.4 Å². The molecule has 20 heavy (non-hydrogen) atoms. The van der Waals surface area contributed by atoms with Gasteiger partial charge in [0.25, 0.3) is 0 Å². The summed E-state index contributed by atoms with van der Waals surface area (Å²) in [4.78, 5) is 4.12. The van der Waals surface area contributed by atoms with Crippen LogP contribution in [0, 0.1) is 6.92 Å². The number of likely N-dealkylation sites (tertiary alicyclic amines) is 1. The summed E-state index contributed by atoms with van der Waals surface area (Å²) < 4.78 is 11.6. The zero-order valence-electron chi connectivity index (χ0n) is 12.7. The third kappa shape index (κ3) is 2.43. The molecule has 0 amide bonds. The van der Waals surface area contributed by atoms with Crippen LogP contribution in [0.5, 0.6) is 0 Å². The Morgan fingerprint density at radius 2 is 2.25 bits per heavy atom. The summed E-state index contributed by atoms with van der Waals surface area (Å²) >= 11 is 1.88. The van der Waals surface area contributed by atoms with E-state index in [-0.39, 0.29) is 5.60 Å². The molecule has 2 heterocycles. The molecule has 0 radical (unpaired) electrons. The number of methoxy groups -OCH3 is 2. The molecule has 0 spiro atoms. The van der Waals surface area contributed by atoms with Crippen molar-refractivity contribution in [2.45, 2.75) is 56.9 Å². The maximum Gasteiger partial charge on any atom is 0.0847 e. The molecule has 3 atom stereocenters. The molecule has 1 aliphatic carbocycles. The molecule has 0 aromatic carbocycles. The van der Waals surface area contributed by atoms with Gasteiger partial charge in [-0.2, -0.15) is 0 Å². The Balaban J connectivity index is 1.77. The summed E-state index contributed by atoms with van der Waals surface area (Å²) in [5, 5.41) is 2.20. The van der Waals surface area contributed by atoms with Crippen LogP contribution in [0.25, 0.3) is 0 Å². The molecular weight excluding hydrogens is 270 g/mol. The first kappa shape index (κ1) is 14.5. The van der Waals surface area contributed by atoms with E-state index in [2.05, 4.69) is 23.3 Å². The van der Waals surface area contributed by atoms with Crippen LogP contribution < -0.4 is 0 Å². The lowest BCUT2D eigenvalue weighted by molar-refractivity contribution is -0.0946. The van der Waals surface area contributed by atoms with Gasteiger partial charge in [-0.1, -0.05) is 0 Å². The molecule has 0 unspecified atom stereocenters. The van der Waals surface area contributed by atoms with Crippen LogP contribution in [0.1, 0.15) is 36.1 Å². The van der Waals surface area contributed by atoms with E-state index < -0.39 is 0 Å². The second kappa shape index (κ2) is 5.76. The van der Waals surface area contributed by atoms with Crippen molar-refractivity contribution in [2.75, 3.05) is 20.8 Å². The van der Waals surface area contributed by atoms with E-state index in [1.807, 2.05) is 25.6 Å². The fraction of sp³-hybridized carbons (Fsp3) is 0.750. The lowest BCUT2D eigenvalue weighted by atomic mass is 9.79. The Kier molecular flexibility index (Phi) is 4.18. The number of thiophene rings is 1. The zero-order valence-corrected chi connectivity index (χ0v) is 13.5. The molecule has 1 aliphatic heterocycles. The average Bonchev–Trinajstić information content (AvgIpc) is 3.04. The maximum absolute atomic E-state index is 5.98. The van der Waals surface area contributed by atoms with Gasteiger partial charge in [-0.15, -0.1) is 11.3 Å². The first-order valence-electron chi connectivity index (χ1n) is 7.53. The van der Waals surface area contributed by atoms with Crippen LogP contribution in [-0.2, 0) is 16.0 Å². The number of fused-ring (bicyclic) bond motifs is 1. The molecule has 112 valence electrons. The Hall–Kier alpha value is -0.420. The monoisotopic (exact) mass is 295 g/mol. The van der Waals surface area contributed by atoms with E-state index in [0.717, 1.165) is 38.8 Å². The van der Waals surface area contributed by atoms with Crippen LogP contribution in [0.2, 0.25) is 0 Å². The second-order valence-corrected chi connectivity index (χ2v) is 7.16. The molecule has 1 aromatic rings. The highest BCUT2D eigenvalue weighted by Crippen LogP contribution is 2.43. The van der Waals surface area contributed by atoms with E-state index in [0.29, 0.717) is 12.1 Å². The van der Waals surface area contributed by atoms with Crippen molar-refractivity contribution in [1.29, 1.82) is 0 Å². The first-order valence-corrected chi connectivity index (χ1v) is 8.41. The topological polar surface area (TPSA) is 21.7 Å². The molecule has 0 N–H and O–H groups in total. The fourth-order valence-corrected chi connectivity index (χ4v) is 4.84. The average molecular weight is 295 g/mol. The van der Waals surface area contributed by atoms with Gasteiger partial charge in [0.1, 0.15) is 0 Å². The molecule has 2 fully saturated rings. The van der Waals surface area contributed by atoms with Crippen molar-refractivity contribution in [3.63, 3.8) is 0 Å². The highest BCUT2D eigenvalue weighted by molar-refractivity contribution is 7.10. The second-order valence-electron chi connectivity index (χ2n) is 6.16. The predicted octanol–water partition coefficient (Wildman–Crippen LogP) is 3.21. The molecular formula is C16H25NO2S. The predicted molar refractivity (Wildman–Crippen MR) is 82.3 cm³/mol. The van der Waals surface area contributed by atoms with E-state index in [1.54, 1.807) is 0 Å². The highest BCUT2D eigenvalue weighted by atomic mass is 32.1. The van der Waals surface area contributed by atoms with Crippen molar-refractivity contribution in [3.05, 3.63) is 21.9 Å². The van der Waals surface area contributed by atoms with Crippen molar-refractivity contribution in [1.82, 2.24) is 4.90 Å². The summed E-state index contributed by atoms with van der Waals surface area (Å²) in [6, 6.07) is 2.73. The Morgan fingerprint density at radius 3 is 2.90 bits per heavy atom. The van der Waals surface area contributed by atoms with Crippen molar-refractivity contribution >= 4 is 11.3 Å².